The van der Waals surface area contributed by atoms with Crippen LogP contribution in [-0.2, 0) is 4.74 Å². The zero-order valence-electron chi connectivity index (χ0n) is 9.04. The minimum absolute atomic E-state index is 0.304. The SMILES string of the molecule is CC(C)=CCCC(C)=CCOC(=S)S. The number of ether oxygens (including phenoxy) is 1. The van der Waals surface area contributed by atoms with E-state index in [1.165, 1.54) is 11.1 Å². The first-order valence-electron chi connectivity index (χ1n) is 4.67. The summed E-state index contributed by atoms with van der Waals surface area (Å²) in [5.41, 5.74) is 2.69. The first-order valence-corrected chi connectivity index (χ1v) is 5.52. The fourth-order valence-electron chi connectivity index (χ4n) is 0.946. The molecule has 80 valence electrons. The molecule has 1 nitrogen and oxygen atoms in total. The molecular formula is C11H18OS2. The number of hydrogen-bond acceptors (Lipinski definition) is 2. The fraction of sp³-hybridized carbons (Fsp3) is 0.545. The van der Waals surface area contributed by atoms with Crippen molar-refractivity contribution in [2.45, 2.75) is 33.6 Å². The van der Waals surface area contributed by atoms with Crippen molar-refractivity contribution in [3.63, 3.8) is 0 Å². The van der Waals surface area contributed by atoms with Gasteiger partial charge in [0.15, 0.2) is 0 Å². The number of allylic oxidation sites excluding steroid dienone is 3. The molecule has 0 saturated heterocycles. The number of thiol groups is 1. The monoisotopic (exact) mass is 230 g/mol. The Morgan fingerprint density at radius 3 is 2.43 bits per heavy atom. The number of hydrogen-bond donors (Lipinski definition) is 1. The Morgan fingerprint density at radius 1 is 1.29 bits per heavy atom. The molecule has 0 heterocycles. The molecule has 0 amide bonds. The third-order valence-electron chi connectivity index (χ3n) is 1.73. The quantitative estimate of drug-likeness (QED) is 0.435. The maximum Gasteiger partial charge on any atom is 0.217 e. The standard InChI is InChI=1S/C11H18OS2/c1-9(2)5-4-6-10(3)7-8-12-11(13)14/h5,7H,4,6,8H2,1-3H3,(H,13,14). The summed E-state index contributed by atoms with van der Waals surface area (Å²) in [6.45, 7) is 6.86. The van der Waals surface area contributed by atoms with Gasteiger partial charge in [-0.05, 0) is 51.9 Å². The van der Waals surface area contributed by atoms with Crippen molar-refractivity contribution >= 4 is 29.2 Å². The van der Waals surface area contributed by atoms with Crippen LogP contribution in [0.1, 0.15) is 33.6 Å². The topological polar surface area (TPSA) is 9.23 Å². The minimum atomic E-state index is 0.304. The van der Waals surface area contributed by atoms with Gasteiger partial charge < -0.3 is 4.74 Å². The average molecular weight is 230 g/mol. The van der Waals surface area contributed by atoms with Gasteiger partial charge in [-0.25, -0.2) is 0 Å². The summed E-state index contributed by atoms with van der Waals surface area (Å²) in [5, 5.41) is 0. The van der Waals surface area contributed by atoms with Crippen LogP contribution in [0.25, 0.3) is 0 Å². The Hall–Kier alpha value is -0.280. The van der Waals surface area contributed by atoms with Crippen molar-refractivity contribution in [1.29, 1.82) is 0 Å². The summed E-state index contributed by atoms with van der Waals surface area (Å²) in [7, 11) is 0. The summed E-state index contributed by atoms with van der Waals surface area (Å²) in [4.78, 5) is 0. The van der Waals surface area contributed by atoms with E-state index in [-0.39, 0.29) is 0 Å². The predicted octanol–water partition coefficient (Wildman–Crippen LogP) is 3.91. The van der Waals surface area contributed by atoms with Crippen LogP contribution in [0.5, 0.6) is 0 Å². The highest BCUT2D eigenvalue weighted by atomic mass is 32.1. The van der Waals surface area contributed by atoms with E-state index in [0.717, 1.165) is 12.8 Å². The summed E-state index contributed by atoms with van der Waals surface area (Å²) < 4.78 is 5.35. The Balaban J connectivity index is 3.67. The lowest BCUT2D eigenvalue weighted by atomic mass is 10.1. The van der Waals surface area contributed by atoms with Crippen LogP contribution in [0.3, 0.4) is 0 Å². The lowest BCUT2D eigenvalue weighted by Gasteiger charge is -2.00. The minimum Gasteiger partial charge on any atom is -0.475 e. The first kappa shape index (κ1) is 13.7. The summed E-state index contributed by atoms with van der Waals surface area (Å²) in [6, 6.07) is 0. The van der Waals surface area contributed by atoms with Gasteiger partial charge in [-0.1, -0.05) is 29.9 Å². The summed E-state index contributed by atoms with van der Waals surface area (Å²) >= 11 is 8.54. The van der Waals surface area contributed by atoms with E-state index in [1.807, 2.05) is 6.08 Å². The Kier molecular flexibility index (Phi) is 7.90. The van der Waals surface area contributed by atoms with E-state index >= 15 is 0 Å². The fourth-order valence-corrected chi connectivity index (χ4v) is 1.09. The molecule has 0 aromatic carbocycles. The second-order valence-corrected chi connectivity index (χ2v) is 4.53. The third kappa shape index (κ3) is 9.81. The third-order valence-corrected chi connectivity index (χ3v) is 1.98. The number of rotatable bonds is 5. The molecule has 0 aromatic heterocycles. The largest absolute Gasteiger partial charge is 0.475 e. The lowest BCUT2D eigenvalue weighted by Crippen LogP contribution is -1.93. The molecule has 3 heteroatoms. The highest BCUT2D eigenvalue weighted by Gasteiger charge is 1.90. The second-order valence-electron chi connectivity index (χ2n) is 3.45. The maximum atomic E-state index is 5.04. The molecule has 0 aliphatic heterocycles. The molecule has 0 N–H and O–H groups in total. The molecule has 0 aromatic rings. The Labute approximate surface area is 97.6 Å². The van der Waals surface area contributed by atoms with Crippen molar-refractivity contribution in [2.75, 3.05) is 6.61 Å². The number of thiocarbonyl (C=S) groups is 1. The zero-order chi connectivity index (χ0) is 11.0. The molecule has 0 unspecified atom stereocenters. The highest BCUT2D eigenvalue weighted by molar-refractivity contribution is 8.10. The van der Waals surface area contributed by atoms with Gasteiger partial charge in [-0.3, -0.25) is 0 Å². The molecule has 0 rings (SSSR count). The lowest BCUT2D eigenvalue weighted by molar-refractivity contribution is 0.369. The Bertz CT molecular complexity index is 238. The van der Waals surface area contributed by atoms with E-state index in [4.69, 9.17) is 4.74 Å². The second kappa shape index (κ2) is 8.06. The van der Waals surface area contributed by atoms with Gasteiger partial charge in [0.25, 0.3) is 0 Å². The normalized spacial score (nSPS) is 11.0. The zero-order valence-corrected chi connectivity index (χ0v) is 10.8. The molecule has 0 radical (unpaired) electrons. The highest BCUT2D eigenvalue weighted by Crippen LogP contribution is 2.06. The molecule has 14 heavy (non-hydrogen) atoms. The molecule has 0 atom stereocenters. The van der Waals surface area contributed by atoms with Crippen molar-refractivity contribution < 1.29 is 4.74 Å². The molecule has 0 bridgehead atoms. The van der Waals surface area contributed by atoms with Crippen molar-refractivity contribution in [1.82, 2.24) is 0 Å². The molecule has 0 aliphatic carbocycles. The Morgan fingerprint density at radius 2 is 1.93 bits per heavy atom. The first-order chi connectivity index (χ1) is 6.52. The van der Waals surface area contributed by atoms with E-state index < -0.39 is 0 Å². The summed E-state index contributed by atoms with van der Waals surface area (Å²) in [5.74, 6) is 0. The van der Waals surface area contributed by atoms with Crippen LogP contribution in [-0.4, -0.2) is 11.0 Å². The van der Waals surface area contributed by atoms with Crippen molar-refractivity contribution in [2.24, 2.45) is 0 Å². The molecule has 0 aliphatic rings. The van der Waals surface area contributed by atoms with Crippen LogP contribution in [0, 0.1) is 0 Å². The van der Waals surface area contributed by atoms with Gasteiger partial charge in [-0.15, -0.1) is 0 Å². The van der Waals surface area contributed by atoms with Gasteiger partial charge >= 0.3 is 0 Å². The predicted molar refractivity (Wildman–Crippen MR) is 70.0 cm³/mol. The van der Waals surface area contributed by atoms with E-state index in [2.05, 4.69) is 51.7 Å². The van der Waals surface area contributed by atoms with Crippen LogP contribution in [0.2, 0.25) is 0 Å². The average Bonchev–Trinajstić information content (AvgIpc) is 2.02. The van der Waals surface area contributed by atoms with E-state index in [1.54, 1.807) is 0 Å². The molecule has 0 saturated carbocycles. The maximum absolute atomic E-state index is 5.04. The molecule has 0 spiro atoms. The van der Waals surface area contributed by atoms with Crippen LogP contribution >= 0.6 is 24.8 Å². The van der Waals surface area contributed by atoms with Crippen molar-refractivity contribution in [3.05, 3.63) is 23.3 Å². The van der Waals surface area contributed by atoms with Crippen LogP contribution in [0.4, 0.5) is 0 Å². The van der Waals surface area contributed by atoms with Crippen LogP contribution in [0.15, 0.2) is 23.3 Å². The van der Waals surface area contributed by atoms with Gasteiger partial charge in [0.05, 0.1) is 0 Å². The van der Waals surface area contributed by atoms with E-state index in [0.29, 0.717) is 11.0 Å². The van der Waals surface area contributed by atoms with Crippen molar-refractivity contribution in [3.8, 4) is 0 Å². The van der Waals surface area contributed by atoms with Gasteiger partial charge in [0, 0.05) is 0 Å². The van der Waals surface area contributed by atoms with Crippen LogP contribution < -0.4 is 0 Å². The summed E-state index contributed by atoms with van der Waals surface area (Å²) in [6.07, 6.45) is 6.45. The molecule has 0 fully saturated rings. The van der Waals surface area contributed by atoms with Gasteiger partial charge in [0.1, 0.15) is 6.61 Å². The van der Waals surface area contributed by atoms with E-state index in [9.17, 15) is 0 Å². The smallest absolute Gasteiger partial charge is 0.217 e. The van der Waals surface area contributed by atoms with Gasteiger partial charge in [-0.2, -0.15) is 0 Å². The molecular weight excluding hydrogens is 212 g/mol. The van der Waals surface area contributed by atoms with Gasteiger partial charge in [0.2, 0.25) is 4.38 Å².